The summed E-state index contributed by atoms with van der Waals surface area (Å²) in [6, 6.07) is 5.22. The van der Waals surface area contributed by atoms with Crippen LogP contribution in [0.25, 0.3) is 11.0 Å². The molecule has 1 aliphatic rings. The summed E-state index contributed by atoms with van der Waals surface area (Å²) < 4.78 is 10.4. The van der Waals surface area contributed by atoms with Gasteiger partial charge in [0.25, 0.3) is 0 Å². The minimum absolute atomic E-state index is 0.265. The molecule has 19 heavy (non-hydrogen) atoms. The normalized spacial score (nSPS) is 13.5. The first-order chi connectivity index (χ1) is 9.19. The first-order valence-corrected chi connectivity index (χ1v) is 6.48. The fourth-order valence-corrected chi connectivity index (χ4v) is 2.53. The SMILES string of the molecule is CCC(=O)Oc1ccc2c3c(c(=O)oc2c1)CCC3. The monoisotopic (exact) mass is 258 g/mol. The Labute approximate surface area is 110 Å². The fourth-order valence-electron chi connectivity index (χ4n) is 2.53. The number of carbonyl (C=O) groups is 1. The van der Waals surface area contributed by atoms with Crippen LogP contribution in [0.1, 0.15) is 30.9 Å². The number of benzene rings is 1. The highest BCUT2D eigenvalue weighted by molar-refractivity contribution is 5.84. The van der Waals surface area contributed by atoms with Crippen molar-refractivity contribution in [3.63, 3.8) is 0 Å². The number of ether oxygens (including phenoxy) is 1. The van der Waals surface area contributed by atoms with Crippen LogP contribution in [-0.4, -0.2) is 5.97 Å². The van der Waals surface area contributed by atoms with Crippen LogP contribution < -0.4 is 10.4 Å². The summed E-state index contributed by atoms with van der Waals surface area (Å²) in [6.45, 7) is 1.73. The molecule has 1 heterocycles. The van der Waals surface area contributed by atoms with Crippen molar-refractivity contribution in [1.29, 1.82) is 0 Å². The maximum absolute atomic E-state index is 11.8. The van der Waals surface area contributed by atoms with E-state index in [-0.39, 0.29) is 11.6 Å². The van der Waals surface area contributed by atoms with E-state index in [1.165, 1.54) is 0 Å². The zero-order valence-electron chi connectivity index (χ0n) is 10.7. The number of fused-ring (bicyclic) bond motifs is 3. The number of carbonyl (C=O) groups excluding carboxylic acids is 1. The van der Waals surface area contributed by atoms with Crippen LogP contribution in [0.3, 0.4) is 0 Å². The molecule has 0 amide bonds. The second-order valence-corrected chi connectivity index (χ2v) is 4.69. The summed E-state index contributed by atoms with van der Waals surface area (Å²) in [4.78, 5) is 23.1. The predicted octanol–water partition coefficient (Wildman–Crippen LogP) is 2.60. The van der Waals surface area contributed by atoms with Gasteiger partial charge in [-0.2, -0.15) is 0 Å². The molecular formula is C15H14O4. The molecule has 0 unspecified atom stereocenters. The van der Waals surface area contributed by atoms with Crippen LogP contribution in [0, 0.1) is 0 Å². The van der Waals surface area contributed by atoms with Crippen LogP contribution in [0.15, 0.2) is 27.4 Å². The quantitative estimate of drug-likeness (QED) is 0.472. The molecule has 0 spiro atoms. The number of esters is 1. The molecule has 0 saturated carbocycles. The highest BCUT2D eigenvalue weighted by Gasteiger charge is 2.19. The van der Waals surface area contributed by atoms with Gasteiger partial charge in [-0.3, -0.25) is 4.79 Å². The molecule has 0 aliphatic heterocycles. The summed E-state index contributed by atoms with van der Waals surface area (Å²) in [5.41, 5.74) is 2.11. The van der Waals surface area contributed by atoms with E-state index in [4.69, 9.17) is 9.15 Å². The molecule has 98 valence electrons. The summed E-state index contributed by atoms with van der Waals surface area (Å²) in [5, 5.41) is 0.948. The van der Waals surface area contributed by atoms with Gasteiger partial charge in [-0.25, -0.2) is 4.79 Å². The Bertz CT molecular complexity index is 712. The molecule has 0 bridgehead atoms. The maximum Gasteiger partial charge on any atom is 0.339 e. The maximum atomic E-state index is 11.8. The van der Waals surface area contributed by atoms with Gasteiger partial charge in [0, 0.05) is 23.4 Å². The number of rotatable bonds is 2. The van der Waals surface area contributed by atoms with E-state index in [0.717, 1.165) is 35.8 Å². The fraction of sp³-hybridized carbons (Fsp3) is 0.333. The van der Waals surface area contributed by atoms with Gasteiger partial charge in [-0.1, -0.05) is 6.92 Å². The molecule has 0 fully saturated rings. The van der Waals surface area contributed by atoms with E-state index in [1.54, 1.807) is 19.1 Å². The Hall–Kier alpha value is -2.10. The van der Waals surface area contributed by atoms with E-state index in [0.29, 0.717) is 17.8 Å². The van der Waals surface area contributed by atoms with Gasteiger partial charge in [-0.05, 0) is 37.0 Å². The van der Waals surface area contributed by atoms with E-state index in [1.807, 2.05) is 6.07 Å². The summed E-state index contributed by atoms with van der Waals surface area (Å²) in [5.74, 6) is 0.114. The third-order valence-electron chi connectivity index (χ3n) is 3.47. The van der Waals surface area contributed by atoms with E-state index in [9.17, 15) is 9.59 Å². The number of aryl methyl sites for hydroxylation is 1. The molecule has 1 aromatic heterocycles. The van der Waals surface area contributed by atoms with Gasteiger partial charge in [0.1, 0.15) is 11.3 Å². The van der Waals surface area contributed by atoms with Crippen molar-refractivity contribution in [3.8, 4) is 5.75 Å². The van der Waals surface area contributed by atoms with Crippen LogP contribution in [0.2, 0.25) is 0 Å². The first-order valence-electron chi connectivity index (χ1n) is 6.48. The average Bonchev–Trinajstić information content (AvgIpc) is 2.88. The lowest BCUT2D eigenvalue weighted by molar-refractivity contribution is -0.134. The van der Waals surface area contributed by atoms with Gasteiger partial charge >= 0.3 is 11.6 Å². The Morgan fingerprint density at radius 2 is 2.11 bits per heavy atom. The summed E-state index contributed by atoms with van der Waals surface area (Å²) in [6.07, 6.45) is 3.00. The lowest BCUT2D eigenvalue weighted by Gasteiger charge is -2.06. The Kier molecular flexibility index (Phi) is 2.85. The highest BCUT2D eigenvalue weighted by atomic mass is 16.5. The predicted molar refractivity (Wildman–Crippen MR) is 70.4 cm³/mol. The second-order valence-electron chi connectivity index (χ2n) is 4.69. The molecule has 4 nitrogen and oxygen atoms in total. The molecule has 0 radical (unpaired) electrons. The smallest absolute Gasteiger partial charge is 0.339 e. The van der Waals surface area contributed by atoms with Crippen molar-refractivity contribution in [2.75, 3.05) is 0 Å². The van der Waals surface area contributed by atoms with Crippen molar-refractivity contribution in [2.24, 2.45) is 0 Å². The standard InChI is InChI=1S/C15H14O4/c1-2-14(16)18-9-6-7-11-10-4-3-5-12(10)15(17)19-13(11)8-9/h6-8H,2-5H2,1H3. The minimum atomic E-state index is -0.303. The zero-order chi connectivity index (χ0) is 13.4. The second kappa shape index (κ2) is 4.53. The van der Waals surface area contributed by atoms with Gasteiger partial charge in [-0.15, -0.1) is 0 Å². The molecule has 2 aromatic rings. The van der Waals surface area contributed by atoms with Crippen LogP contribution >= 0.6 is 0 Å². The van der Waals surface area contributed by atoms with Gasteiger partial charge in [0.15, 0.2) is 0 Å². The minimum Gasteiger partial charge on any atom is -0.426 e. The lowest BCUT2D eigenvalue weighted by Crippen LogP contribution is -2.08. The third-order valence-corrected chi connectivity index (χ3v) is 3.47. The molecule has 4 heteroatoms. The van der Waals surface area contributed by atoms with Crippen molar-refractivity contribution in [3.05, 3.63) is 39.7 Å². The molecular weight excluding hydrogens is 244 g/mol. The van der Waals surface area contributed by atoms with E-state index in [2.05, 4.69) is 0 Å². The van der Waals surface area contributed by atoms with Crippen molar-refractivity contribution >= 4 is 16.9 Å². The molecule has 3 rings (SSSR count). The van der Waals surface area contributed by atoms with Crippen LogP contribution in [0.5, 0.6) is 5.75 Å². The molecule has 1 aliphatic carbocycles. The van der Waals surface area contributed by atoms with Gasteiger partial charge in [0.2, 0.25) is 0 Å². The van der Waals surface area contributed by atoms with E-state index >= 15 is 0 Å². The van der Waals surface area contributed by atoms with Crippen molar-refractivity contribution in [1.82, 2.24) is 0 Å². The molecule has 0 atom stereocenters. The third kappa shape index (κ3) is 2.03. The molecule has 0 saturated heterocycles. The summed E-state index contributed by atoms with van der Waals surface area (Å²) in [7, 11) is 0. The van der Waals surface area contributed by atoms with Gasteiger partial charge < -0.3 is 9.15 Å². The number of hydrogen-bond acceptors (Lipinski definition) is 4. The van der Waals surface area contributed by atoms with Crippen molar-refractivity contribution in [2.45, 2.75) is 32.6 Å². The largest absolute Gasteiger partial charge is 0.426 e. The molecule has 0 N–H and O–H groups in total. The highest BCUT2D eigenvalue weighted by Crippen LogP contribution is 2.29. The zero-order valence-corrected chi connectivity index (χ0v) is 10.7. The Balaban J connectivity index is 2.12. The molecule has 1 aromatic carbocycles. The summed E-state index contributed by atoms with van der Waals surface area (Å²) >= 11 is 0. The van der Waals surface area contributed by atoms with Gasteiger partial charge in [0.05, 0.1) is 0 Å². The van der Waals surface area contributed by atoms with Crippen LogP contribution in [0.4, 0.5) is 0 Å². The lowest BCUT2D eigenvalue weighted by atomic mass is 10.1. The number of hydrogen-bond donors (Lipinski definition) is 0. The van der Waals surface area contributed by atoms with E-state index < -0.39 is 0 Å². The first kappa shape index (κ1) is 12.0. The Morgan fingerprint density at radius 3 is 2.89 bits per heavy atom. The Morgan fingerprint density at radius 1 is 1.32 bits per heavy atom. The topological polar surface area (TPSA) is 56.5 Å². The van der Waals surface area contributed by atoms with Crippen molar-refractivity contribution < 1.29 is 13.9 Å². The average molecular weight is 258 g/mol. The van der Waals surface area contributed by atoms with Crippen LogP contribution in [-0.2, 0) is 17.6 Å².